The molecular weight excluding hydrogens is 811 g/mol. The first-order valence-corrected chi connectivity index (χ1v) is 23.2. The van der Waals surface area contributed by atoms with Crippen molar-refractivity contribution in [2.45, 2.75) is 19.3 Å². The van der Waals surface area contributed by atoms with Gasteiger partial charge >= 0.3 is 0 Å². The van der Waals surface area contributed by atoms with Crippen LogP contribution in [-0.4, -0.2) is 0 Å². The summed E-state index contributed by atoms with van der Waals surface area (Å²) in [6, 6.07) is 86.1. The predicted molar refractivity (Wildman–Crippen MR) is 283 cm³/mol. The Kier molecular flexibility index (Phi) is 8.91. The van der Waals surface area contributed by atoms with Gasteiger partial charge in [-0.2, -0.15) is 0 Å². The topological polar surface area (TPSA) is 16.4 Å². The van der Waals surface area contributed by atoms with Gasteiger partial charge in [0.25, 0.3) is 0 Å². The molecule has 12 aromatic rings. The van der Waals surface area contributed by atoms with Gasteiger partial charge in [-0.25, -0.2) is 0 Å². The van der Waals surface area contributed by atoms with Crippen LogP contribution < -0.4 is 4.90 Å². The average molecular weight is 856 g/mol. The Bertz CT molecular complexity index is 3860. The van der Waals surface area contributed by atoms with E-state index in [-0.39, 0.29) is 5.41 Å². The molecule has 1 aliphatic carbocycles. The SMILES string of the molecule is CC1(C)c2ccccc2-c2ccc(N(c3ccc(-c4ccc5c6ccccc6c6c(-c7ccccc7)c(-c7ccccc7)oc6c5c4)cc3)c3ccc(-c4cccc5ccccc45)cc3)cc21. The standard InChI is InChI=1S/C65H45NO/c1-65(2)59-27-14-13-24-55(59)56-39-37-50(41-60(56)65)66(49-35-30-44(31-36-49)52-26-15-21-43-16-9-10-22-51(43)52)48-33-28-42(29-34-48)47-32-38-54-53-23-11-12-25-57(53)62-61(45-17-5-3-6-18-45)63(46-19-7-4-8-20-46)67-64(62)58(54)40-47/h3-41H,1-2H3. The summed E-state index contributed by atoms with van der Waals surface area (Å²) in [5.74, 6) is 0.887. The van der Waals surface area contributed by atoms with Gasteiger partial charge < -0.3 is 9.32 Å². The van der Waals surface area contributed by atoms with E-state index in [0.29, 0.717) is 0 Å². The summed E-state index contributed by atoms with van der Waals surface area (Å²) >= 11 is 0. The van der Waals surface area contributed by atoms with Crippen LogP contribution in [0.1, 0.15) is 25.0 Å². The molecule has 0 amide bonds. The Labute approximate surface area is 390 Å². The van der Waals surface area contributed by atoms with Crippen LogP contribution in [-0.2, 0) is 5.41 Å². The highest BCUT2D eigenvalue weighted by Gasteiger charge is 2.36. The maximum Gasteiger partial charge on any atom is 0.143 e. The number of furan rings is 1. The van der Waals surface area contributed by atoms with E-state index in [4.69, 9.17) is 4.42 Å². The second-order valence-corrected chi connectivity index (χ2v) is 18.4. The summed E-state index contributed by atoms with van der Waals surface area (Å²) in [4.78, 5) is 2.41. The molecule has 1 aromatic heterocycles. The largest absolute Gasteiger partial charge is 0.455 e. The molecule has 0 fully saturated rings. The minimum Gasteiger partial charge on any atom is -0.455 e. The highest BCUT2D eigenvalue weighted by atomic mass is 16.3. The molecule has 2 nitrogen and oxygen atoms in total. The van der Waals surface area contributed by atoms with E-state index in [9.17, 15) is 0 Å². The van der Waals surface area contributed by atoms with Gasteiger partial charge in [-0.1, -0.05) is 208 Å². The number of nitrogens with zero attached hydrogens (tertiary/aromatic N) is 1. The van der Waals surface area contributed by atoms with Crippen LogP contribution in [0, 0.1) is 0 Å². The fourth-order valence-electron chi connectivity index (χ4n) is 11.0. The Hall–Kier alpha value is -8.46. The summed E-state index contributed by atoms with van der Waals surface area (Å²) in [5.41, 5.74) is 17.5. The zero-order chi connectivity index (χ0) is 44.6. The van der Waals surface area contributed by atoms with Crippen molar-refractivity contribution in [3.8, 4) is 55.8 Å². The lowest BCUT2D eigenvalue weighted by molar-refractivity contribution is 0.636. The second kappa shape index (κ2) is 15.3. The van der Waals surface area contributed by atoms with E-state index >= 15 is 0 Å². The highest BCUT2D eigenvalue weighted by Crippen LogP contribution is 2.52. The monoisotopic (exact) mass is 855 g/mol. The van der Waals surface area contributed by atoms with Gasteiger partial charge in [0.05, 0.1) is 0 Å². The molecule has 0 radical (unpaired) electrons. The lowest BCUT2D eigenvalue weighted by Gasteiger charge is -2.28. The second-order valence-electron chi connectivity index (χ2n) is 18.4. The number of benzene rings is 11. The minimum absolute atomic E-state index is 0.125. The van der Waals surface area contributed by atoms with Crippen LogP contribution in [0.4, 0.5) is 17.1 Å². The molecule has 0 aliphatic heterocycles. The highest BCUT2D eigenvalue weighted by molar-refractivity contribution is 6.29. The van der Waals surface area contributed by atoms with E-state index in [2.05, 4.69) is 255 Å². The fourth-order valence-corrected chi connectivity index (χ4v) is 11.0. The number of hydrogen-bond acceptors (Lipinski definition) is 2. The average Bonchev–Trinajstić information content (AvgIpc) is 3.91. The third-order valence-corrected chi connectivity index (χ3v) is 14.3. The van der Waals surface area contributed by atoms with Gasteiger partial charge in [0.2, 0.25) is 0 Å². The first-order chi connectivity index (χ1) is 33.0. The van der Waals surface area contributed by atoms with E-state index in [1.54, 1.807) is 0 Å². The number of fused-ring (bicyclic) bond motifs is 10. The summed E-state index contributed by atoms with van der Waals surface area (Å²) in [5, 5.41) is 8.33. The van der Waals surface area contributed by atoms with E-state index in [1.807, 2.05) is 0 Å². The Morgan fingerprint density at radius 1 is 0.343 bits per heavy atom. The smallest absolute Gasteiger partial charge is 0.143 e. The molecule has 67 heavy (non-hydrogen) atoms. The van der Waals surface area contributed by atoms with Crippen molar-refractivity contribution in [3.63, 3.8) is 0 Å². The van der Waals surface area contributed by atoms with Gasteiger partial charge in [0, 0.05) is 44.4 Å². The molecule has 2 heteroatoms. The number of hydrogen-bond donors (Lipinski definition) is 0. The maximum absolute atomic E-state index is 7.12. The van der Waals surface area contributed by atoms with Gasteiger partial charge in [0.1, 0.15) is 11.3 Å². The fraction of sp³-hybridized carbons (Fsp3) is 0.0462. The zero-order valence-corrected chi connectivity index (χ0v) is 37.4. The van der Waals surface area contributed by atoms with Crippen molar-refractivity contribution < 1.29 is 4.42 Å². The number of anilines is 3. The van der Waals surface area contributed by atoms with Crippen molar-refractivity contribution in [3.05, 3.63) is 248 Å². The summed E-state index contributed by atoms with van der Waals surface area (Å²) < 4.78 is 7.12. The number of rotatable bonds is 7. The molecule has 1 heterocycles. The van der Waals surface area contributed by atoms with Gasteiger partial charge in [-0.3, -0.25) is 0 Å². The van der Waals surface area contributed by atoms with Crippen molar-refractivity contribution in [2.24, 2.45) is 0 Å². The van der Waals surface area contributed by atoms with E-state index in [0.717, 1.165) is 67.0 Å². The minimum atomic E-state index is -0.125. The Morgan fingerprint density at radius 2 is 0.896 bits per heavy atom. The van der Waals surface area contributed by atoms with Crippen LogP contribution in [0.5, 0.6) is 0 Å². The molecule has 1 aliphatic rings. The predicted octanol–water partition coefficient (Wildman–Crippen LogP) is 18.3. The van der Waals surface area contributed by atoms with Gasteiger partial charge in [-0.15, -0.1) is 0 Å². The Morgan fingerprint density at radius 3 is 1.66 bits per heavy atom. The Balaban J connectivity index is 0.950. The normalized spacial score (nSPS) is 12.7. The van der Waals surface area contributed by atoms with Crippen LogP contribution in [0.25, 0.3) is 99.1 Å². The lowest BCUT2D eigenvalue weighted by atomic mass is 9.82. The molecular formula is C65H45NO. The van der Waals surface area contributed by atoms with E-state index < -0.39 is 0 Å². The van der Waals surface area contributed by atoms with Crippen molar-refractivity contribution in [1.29, 1.82) is 0 Å². The third-order valence-electron chi connectivity index (χ3n) is 14.3. The van der Waals surface area contributed by atoms with Gasteiger partial charge in [-0.05, 0) is 119 Å². The molecule has 0 unspecified atom stereocenters. The molecule has 316 valence electrons. The van der Waals surface area contributed by atoms with Gasteiger partial charge in [0.15, 0.2) is 0 Å². The van der Waals surface area contributed by atoms with Crippen molar-refractivity contribution >= 4 is 60.3 Å². The first kappa shape index (κ1) is 39.0. The molecule has 0 N–H and O–H groups in total. The maximum atomic E-state index is 7.12. The van der Waals surface area contributed by atoms with Crippen LogP contribution in [0.3, 0.4) is 0 Å². The third kappa shape index (κ3) is 6.25. The molecule has 13 rings (SSSR count). The van der Waals surface area contributed by atoms with Crippen molar-refractivity contribution in [1.82, 2.24) is 0 Å². The molecule has 0 bridgehead atoms. The van der Waals surface area contributed by atoms with E-state index in [1.165, 1.54) is 60.3 Å². The summed E-state index contributed by atoms with van der Waals surface area (Å²) in [6.07, 6.45) is 0. The summed E-state index contributed by atoms with van der Waals surface area (Å²) in [6.45, 7) is 4.71. The summed E-state index contributed by atoms with van der Waals surface area (Å²) in [7, 11) is 0. The zero-order valence-electron chi connectivity index (χ0n) is 37.4. The van der Waals surface area contributed by atoms with Crippen LogP contribution in [0.2, 0.25) is 0 Å². The molecule has 0 atom stereocenters. The molecule has 11 aromatic carbocycles. The quantitative estimate of drug-likeness (QED) is 0.149. The lowest BCUT2D eigenvalue weighted by Crippen LogP contribution is -2.16. The van der Waals surface area contributed by atoms with Crippen molar-refractivity contribution in [2.75, 3.05) is 4.90 Å². The molecule has 0 saturated heterocycles. The van der Waals surface area contributed by atoms with Crippen LogP contribution >= 0.6 is 0 Å². The first-order valence-electron chi connectivity index (χ1n) is 23.2. The molecule has 0 spiro atoms. The molecule has 0 saturated carbocycles. The van der Waals surface area contributed by atoms with Crippen LogP contribution in [0.15, 0.2) is 241 Å².